The van der Waals surface area contributed by atoms with Gasteiger partial charge in [-0.2, -0.15) is 13.4 Å². The molecule has 3 rings (SSSR count). The standard InChI is InChI=1S/C13H10ClN5O4S/c1-7-5-6-19-12(15-7)16-13(17-19)24(22,23)18-10-8(11(20)21)3-2-4-9(10)14/h2-6,18H,1H3,(H,20,21)/p-1. The average molecular weight is 367 g/mol. The number of rotatable bonds is 4. The second-order valence-electron chi connectivity index (χ2n) is 4.76. The number of para-hydroxylation sites is 1. The summed E-state index contributed by atoms with van der Waals surface area (Å²) in [7, 11) is -4.28. The fourth-order valence-electron chi connectivity index (χ4n) is 1.94. The number of benzene rings is 1. The van der Waals surface area contributed by atoms with Crippen LogP contribution in [0.25, 0.3) is 5.78 Å². The van der Waals surface area contributed by atoms with E-state index in [2.05, 4.69) is 19.8 Å². The normalized spacial score (nSPS) is 11.6. The SMILES string of the molecule is Cc1ccn2nc(S(=O)(=O)Nc3c(Cl)cccc3C(=O)[O-])nc2n1. The summed E-state index contributed by atoms with van der Waals surface area (Å²) in [5.74, 6) is -1.48. The van der Waals surface area contributed by atoms with E-state index in [1.54, 1.807) is 13.0 Å². The van der Waals surface area contributed by atoms with Gasteiger partial charge in [-0.05, 0) is 19.1 Å². The topological polar surface area (TPSA) is 129 Å². The molecule has 124 valence electrons. The zero-order valence-electron chi connectivity index (χ0n) is 12.1. The zero-order chi connectivity index (χ0) is 17.5. The molecule has 1 N–H and O–H groups in total. The maximum absolute atomic E-state index is 12.4. The van der Waals surface area contributed by atoms with Gasteiger partial charge in [-0.3, -0.25) is 4.72 Å². The van der Waals surface area contributed by atoms with Gasteiger partial charge < -0.3 is 9.90 Å². The fraction of sp³-hybridized carbons (Fsp3) is 0.0769. The van der Waals surface area contributed by atoms with Crippen LogP contribution in [0.1, 0.15) is 16.1 Å². The predicted molar refractivity (Wildman–Crippen MR) is 82.1 cm³/mol. The molecule has 1 aromatic carbocycles. The highest BCUT2D eigenvalue weighted by Crippen LogP contribution is 2.27. The van der Waals surface area contributed by atoms with Crippen LogP contribution in [-0.4, -0.2) is 34.0 Å². The van der Waals surface area contributed by atoms with Crippen LogP contribution in [0.3, 0.4) is 0 Å². The lowest BCUT2D eigenvalue weighted by molar-refractivity contribution is -0.254. The van der Waals surface area contributed by atoms with Gasteiger partial charge in [0.05, 0.1) is 16.7 Å². The van der Waals surface area contributed by atoms with Gasteiger partial charge in [0.15, 0.2) is 0 Å². The number of nitrogens with one attached hydrogen (secondary N) is 1. The summed E-state index contributed by atoms with van der Waals surface area (Å²) in [6.45, 7) is 1.72. The first-order valence-corrected chi connectivity index (χ1v) is 8.37. The van der Waals surface area contributed by atoms with Crippen LogP contribution in [0.4, 0.5) is 5.69 Å². The maximum atomic E-state index is 12.4. The molecule has 9 nitrogen and oxygen atoms in total. The Hall–Kier alpha value is -2.72. The van der Waals surface area contributed by atoms with Crippen LogP contribution < -0.4 is 9.83 Å². The average Bonchev–Trinajstić information content (AvgIpc) is 2.92. The van der Waals surface area contributed by atoms with E-state index in [9.17, 15) is 18.3 Å². The number of carboxylic acid groups (broad SMARTS) is 1. The molecule has 0 aliphatic carbocycles. The molecule has 0 saturated carbocycles. The number of halogens is 1. The molecule has 0 bridgehead atoms. The molecule has 24 heavy (non-hydrogen) atoms. The fourth-order valence-corrected chi connectivity index (χ4v) is 3.19. The van der Waals surface area contributed by atoms with Crippen molar-refractivity contribution in [2.24, 2.45) is 0 Å². The molecule has 0 atom stereocenters. The number of nitrogens with zero attached hydrogens (tertiary/aromatic N) is 4. The van der Waals surface area contributed by atoms with Crippen molar-refractivity contribution in [3.05, 3.63) is 46.7 Å². The Morgan fingerprint density at radius 1 is 1.29 bits per heavy atom. The molecular weight excluding hydrogens is 358 g/mol. The van der Waals surface area contributed by atoms with Gasteiger partial charge in [-0.25, -0.2) is 9.50 Å². The number of carboxylic acids is 1. The van der Waals surface area contributed by atoms with E-state index >= 15 is 0 Å². The van der Waals surface area contributed by atoms with Crippen LogP contribution in [0.5, 0.6) is 0 Å². The van der Waals surface area contributed by atoms with Crippen molar-refractivity contribution >= 4 is 39.1 Å². The predicted octanol–water partition coefficient (Wildman–Crippen LogP) is 0.250. The number of fused-ring (bicyclic) bond motifs is 1. The minimum atomic E-state index is -4.28. The first kappa shape index (κ1) is 16.1. The molecule has 0 spiro atoms. The van der Waals surface area contributed by atoms with Gasteiger partial charge >= 0.3 is 0 Å². The number of hydrogen-bond acceptors (Lipinski definition) is 7. The van der Waals surface area contributed by atoms with Crippen LogP contribution in [0.15, 0.2) is 35.6 Å². The summed E-state index contributed by atoms with van der Waals surface area (Å²) < 4.78 is 28.1. The Balaban J connectivity index is 2.07. The third kappa shape index (κ3) is 2.88. The molecule has 2 aromatic heterocycles. The molecule has 0 aliphatic rings. The van der Waals surface area contributed by atoms with E-state index in [1.165, 1.54) is 28.9 Å². The highest BCUT2D eigenvalue weighted by atomic mass is 35.5. The summed E-state index contributed by atoms with van der Waals surface area (Å²) in [5, 5.41) is 14.3. The Morgan fingerprint density at radius 2 is 2.04 bits per heavy atom. The second kappa shape index (κ2) is 5.73. The highest BCUT2D eigenvalue weighted by molar-refractivity contribution is 7.92. The van der Waals surface area contributed by atoms with E-state index in [-0.39, 0.29) is 16.5 Å². The third-order valence-electron chi connectivity index (χ3n) is 3.04. The van der Waals surface area contributed by atoms with Crippen molar-refractivity contribution in [3.8, 4) is 0 Å². The molecule has 11 heteroatoms. The Morgan fingerprint density at radius 3 is 2.75 bits per heavy atom. The van der Waals surface area contributed by atoms with Crippen LogP contribution in [0.2, 0.25) is 5.02 Å². The number of sulfonamides is 1. The van der Waals surface area contributed by atoms with Crippen molar-refractivity contribution in [3.63, 3.8) is 0 Å². The number of aromatic carboxylic acids is 1. The smallest absolute Gasteiger partial charge is 0.299 e. The molecule has 0 aliphatic heterocycles. The quantitative estimate of drug-likeness (QED) is 0.700. The van der Waals surface area contributed by atoms with Crippen LogP contribution >= 0.6 is 11.6 Å². The van der Waals surface area contributed by atoms with Crippen LogP contribution in [0, 0.1) is 6.92 Å². The lowest BCUT2D eigenvalue weighted by Gasteiger charge is -2.13. The molecule has 0 fully saturated rings. The van der Waals surface area contributed by atoms with Crippen molar-refractivity contribution in [1.29, 1.82) is 0 Å². The van der Waals surface area contributed by atoms with Gasteiger partial charge in [-0.15, -0.1) is 5.10 Å². The number of carbonyl (C=O) groups is 1. The van der Waals surface area contributed by atoms with Crippen molar-refractivity contribution in [2.45, 2.75) is 12.1 Å². The van der Waals surface area contributed by atoms with Gasteiger partial charge in [0.2, 0.25) is 0 Å². The summed E-state index contributed by atoms with van der Waals surface area (Å²) >= 11 is 5.89. The van der Waals surface area contributed by atoms with E-state index in [1.807, 2.05) is 0 Å². The van der Waals surface area contributed by atoms with Gasteiger partial charge in [0, 0.05) is 17.5 Å². The minimum absolute atomic E-state index is 0.0923. The monoisotopic (exact) mass is 366 g/mol. The van der Waals surface area contributed by atoms with Crippen molar-refractivity contribution < 1.29 is 18.3 Å². The second-order valence-corrected chi connectivity index (χ2v) is 6.75. The maximum Gasteiger partial charge on any atom is 0.299 e. The molecule has 0 amide bonds. The van der Waals surface area contributed by atoms with Crippen LogP contribution in [-0.2, 0) is 10.0 Å². The largest absolute Gasteiger partial charge is 0.545 e. The number of anilines is 1. The third-order valence-corrected chi connectivity index (χ3v) is 4.48. The lowest BCUT2D eigenvalue weighted by atomic mass is 10.2. The number of aryl methyl sites for hydroxylation is 1. The van der Waals surface area contributed by atoms with Crippen molar-refractivity contribution in [1.82, 2.24) is 19.6 Å². The first-order chi connectivity index (χ1) is 11.3. The Bertz CT molecular complexity index is 1060. The van der Waals surface area contributed by atoms with E-state index in [0.717, 1.165) is 0 Å². The molecule has 0 radical (unpaired) electrons. The minimum Gasteiger partial charge on any atom is -0.545 e. The Kier molecular flexibility index (Phi) is 3.85. The molecular formula is C13H9ClN5O4S-. The number of carbonyl (C=O) groups excluding carboxylic acids is 1. The van der Waals surface area contributed by atoms with Gasteiger partial charge in [0.1, 0.15) is 0 Å². The summed E-state index contributed by atoms with van der Waals surface area (Å²) in [6.07, 6.45) is 1.51. The van der Waals surface area contributed by atoms with E-state index in [0.29, 0.717) is 5.69 Å². The summed E-state index contributed by atoms with van der Waals surface area (Å²) in [6, 6.07) is 5.50. The first-order valence-electron chi connectivity index (χ1n) is 6.50. The molecule has 0 unspecified atom stereocenters. The Labute approximate surface area is 141 Å². The number of hydrogen-bond donors (Lipinski definition) is 1. The van der Waals surface area contributed by atoms with Crippen molar-refractivity contribution in [2.75, 3.05) is 4.72 Å². The van der Waals surface area contributed by atoms with Gasteiger partial charge in [-0.1, -0.05) is 23.7 Å². The molecule has 0 saturated heterocycles. The molecule has 2 heterocycles. The highest BCUT2D eigenvalue weighted by Gasteiger charge is 2.23. The lowest BCUT2D eigenvalue weighted by Crippen LogP contribution is -2.25. The number of aromatic nitrogens is 4. The van der Waals surface area contributed by atoms with E-state index < -0.39 is 26.7 Å². The summed E-state index contributed by atoms with van der Waals surface area (Å²) in [5.41, 5.74) is -0.0804. The summed E-state index contributed by atoms with van der Waals surface area (Å²) in [4.78, 5) is 19.0. The van der Waals surface area contributed by atoms with Gasteiger partial charge in [0.25, 0.3) is 21.0 Å². The van der Waals surface area contributed by atoms with E-state index in [4.69, 9.17) is 11.6 Å². The molecule has 3 aromatic rings. The zero-order valence-corrected chi connectivity index (χ0v) is 13.7.